The number of carbonyl (C=O) groups excluding carboxylic acids is 1. The number of hydrogen-bond acceptors (Lipinski definition) is 4. The van der Waals surface area contributed by atoms with Crippen LogP contribution in [-0.4, -0.2) is 10.9 Å². The van der Waals surface area contributed by atoms with Crippen LogP contribution in [0.15, 0.2) is 59.1 Å². The van der Waals surface area contributed by atoms with Crippen molar-refractivity contribution in [1.29, 1.82) is 5.26 Å². The summed E-state index contributed by atoms with van der Waals surface area (Å²) in [6, 6.07) is 19.7. The van der Waals surface area contributed by atoms with Crippen LogP contribution in [0.5, 0.6) is 0 Å². The van der Waals surface area contributed by atoms with E-state index >= 15 is 0 Å². The quantitative estimate of drug-likeness (QED) is 0.304. The normalized spacial score (nSPS) is 13.2. The molecule has 0 unspecified atom stereocenters. The minimum Gasteiger partial charge on any atom is -0.312 e. The van der Waals surface area contributed by atoms with E-state index in [4.69, 9.17) is 4.98 Å². The highest BCUT2D eigenvalue weighted by Gasteiger charge is 2.22. The highest BCUT2D eigenvalue weighted by molar-refractivity contribution is 9.10. The molecule has 2 heterocycles. The van der Waals surface area contributed by atoms with Crippen LogP contribution in [0, 0.1) is 11.3 Å². The van der Waals surface area contributed by atoms with Crippen molar-refractivity contribution in [3.8, 4) is 17.3 Å². The first kappa shape index (κ1) is 20.9. The summed E-state index contributed by atoms with van der Waals surface area (Å²) in [6.07, 6.45) is 5.31. The van der Waals surface area contributed by atoms with Gasteiger partial charge in [0.15, 0.2) is 0 Å². The molecule has 0 saturated carbocycles. The lowest BCUT2D eigenvalue weighted by atomic mass is 10.0. The number of para-hydroxylation sites is 1. The number of pyridine rings is 1. The second-order valence-corrected chi connectivity index (χ2v) is 9.94. The van der Waals surface area contributed by atoms with Gasteiger partial charge in [0, 0.05) is 20.3 Å². The first-order valence-corrected chi connectivity index (χ1v) is 12.3. The van der Waals surface area contributed by atoms with E-state index in [1.807, 2.05) is 54.6 Å². The van der Waals surface area contributed by atoms with Gasteiger partial charge in [-0.15, -0.1) is 11.3 Å². The maximum Gasteiger partial charge on any atom is 0.257 e. The number of amides is 1. The van der Waals surface area contributed by atoms with Gasteiger partial charge in [0.25, 0.3) is 5.91 Å². The number of anilines is 1. The Morgan fingerprint density at radius 2 is 1.91 bits per heavy atom. The third kappa shape index (κ3) is 3.94. The third-order valence-corrected chi connectivity index (χ3v) is 7.54. The van der Waals surface area contributed by atoms with E-state index in [-0.39, 0.29) is 5.91 Å². The Labute approximate surface area is 199 Å². The number of nitrogens with zero attached hydrogens (tertiary/aromatic N) is 2. The Hall–Kier alpha value is -3.01. The van der Waals surface area contributed by atoms with Crippen LogP contribution >= 0.6 is 27.3 Å². The smallest absolute Gasteiger partial charge is 0.257 e. The summed E-state index contributed by atoms with van der Waals surface area (Å²) >= 11 is 5.07. The third-order valence-electron chi connectivity index (χ3n) is 5.84. The molecule has 6 heteroatoms. The maximum atomic E-state index is 13.5. The fourth-order valence-corrected chi connectivity index (χ4v) is 5.91. The summed E-state index contributed by atoms with van der Waals surface area (Å²) in [5.41, 5.74) is 4.73. The average Bonchev–Trinajstić information content (AvgIpc) is 2.96. The molecule has 0 bridgehead atoms. The summed E-state index contributed by atoms with van der Waals surface area (Å²) in [5, 5.41) is 14.3. The number of nitriles is 1. The van der Waals surface area contributed by atoms with Crippen molar-refractivity contribution in [2.45, 2.75) is 32.1 Å². The average molecular weight is 502 g/mol. The molecule has 1 aliphatic rings. The van der Waals surface area contributed by atoms with Crippen LogP contribution in [0.4, 0.5) is 5.00 Å². The second-order valence-electron chi connectivity index (χ2n) is 7.92. The van der Waals surface area contributed by atoms with Crippen molar-refractivity contribution in [1.82, 2.24) is 4.98 Å². The summed E-state index contributed by atoms with van der Waals surface area (Å²) in [5.74, 6) is -0.215. The van der Waals surface area contributed by atoms with Crippen molar-refractivity contribution in [3.63, 3.8) is 0 Å². The number of halogens is 1. The van der Waals surface area contributed by atoms with Gasteiger partial charge in [-0.3, -0.25) is 4.79 Å². The Bertz CT molecular complexity index is 1390. The summed E-state index contributed by atoms with van der Waals surface area (Å²) in [7, 11) is 0. The largest absolute Gasteiger partial charge is 0.312 e. The predicted molar refractivity (Wildman–Crippen MR) is 133 cm³/mol. The highest BCUT2D eigenvalue weighted by Crippen LogP contribution is 2.37. The lowest BCUT2D eigenvalue weighted by Gasteiger charge is -2.10. The van der Waals surface area contributed by atoms with Crippen LogP contribution in [0.25, 0.3) is 22.2 Å². The molecule has 4 aromatic rings. The van der Waals surface area contributed by atoms with Crippen LogP contribution in [-0.2, 0) is 12.8 Å². The van der Waals surface area contributed by atoms with Crippen molar-refractivity contribution >= 4 is 49.1 Å². The minimum absolute atomic E-state index is 0.215. The lowest BCUT2D eigenvalue weighted by Crippen LogP contribution is -2.13. The molecule has 0 spiro atoms. The number of thiophene rings is 1. The molecule has 0 radical (unpaired) electrons. The minimum atomic E-state index is -0.215. The first-order chi connectivity index (χ1) is 15.6. The Morgan fingerprint density at radius 1 is 1.06 bits per heavy atom. The van der Waals surface area contributed by atoms with Gasteiger partial charge in [0.05, 0.1) is 22.3 Å². The van der Waals surface area contributed by atoms with Gasteiger partial charge in [-0.25, -0.2) is 4.98 Å². The molecule has 1 N–H and O–H groups in total. The van der Waals surface area contributed by atoms with Crippen LogP contribution in [0.2, 0.25) is 0 Å². The Kier molecular flexibility index (Phi) is 5.77. The van der Waals surface area contributed by atoms with Crippen LogP contribution in [0.1, 0.15) is 45.6 Å². The van der Waals surface area contributed by atoms with Gasteiger partial charge < -0.3 is 5.32 Å². The number of rotatable bonds is 3. The predicted octanol–water partition coefficient (Wildman–Crippen LogP) is 7.12. The SMILES string of the molecule is N#Cc1c(NC(=O)c2cc(-c3cccc(Br)c3)nc3ccccc23)sc2c1CCCCC2. The number of nitrogens with one attached hydrogen (secondary N) is 1. The van der Waals surface area contributed by atoms with E-state index in [0.717, 1.165) is 57.9 Å². The van der Waals surface area contributed by atoms with E-state index in [2.05, 4.69) is 27.3 Å². The van der Waals surface area contributed by atoms with Gasteiger partial charge >= 0.3 is 0 Å². The monoisotopic (exact) mass is 501 g/mol. The van der Waals surface area contributed by atoms with E-state index < -0.39 is 0 Å². The number of aromatic nitrogens is 1. The molecule has 0 aliphatic heterocycles. The molecule has 0 atom stereocenters. The van der Waals surface area contributed by atoms with E-state index in [9.17, 15) is 10.1 Å². The van der Waals surface area contributed by atoms with Gasteiger partial charge in [-0.2, -0.15) is 5.26 Å². The van der Waals surface area contributed by atoms with Crippen molar-refractivity contribution in [2.75, 3.05) is 5.32 Å². The van der Waals surface area contributed by atoms with Gasteiger partial charge in [-0.05, 0) is 55.5 Å². The molecule has 4 nitrogen and oxygen atoms in total. The van der Waals surface area contributed by atoms with Gasteiger partial charge in [0.1, 0.15) is 11.1 Å². The van der Waals surface area contributed by atoms with Crippen molar-refractivity contribution in [3.05, 3.63) is 80.6 Å². The van der Waals surface area contributed by atoms with Crippen molar-refractivity contribution in [2.24, 2.45) is 0 Å². The summed E-state index contributed by atoms with van der Waals surface area (Å²) in [4.78, 5) is 19.5. The molecular weight excluding hydrogens is 482 g/mol. The first-order valence-electron chi connectivity index (χ1n) is 10.7. The molecular formula is C26H20BrN3OS. The van der Waals surface area contributed by atoms with Gasteiger partial charge in [-0.1, -0.05) is 52.7 Å². The molecule has 5 rings (SSSR count). The maximum absolute atomic E-state index is 13.5. The molecule has 1 amide bonds. The Balaban J connectivity index is 1.58. The fraction of sp³-hybridized carbons (Fsp3) is 0.192. The van der Waals surface area contributed by atoms with Crippen molar-refractivity contribution < 1.29 is 4.79 Å². The molecule has 158 valence electrons. The van der Waals surface area contributed by atoms with E-state index in [0.29, 0.717) is 16.1 Å². The second kappa shape index (κ2) is 8.85. The molecule has 0 fully saturated rings. The lowest BCUT2D eigenvalue weighted by molar-refractivity contribution is 0.102. The van der Waals surface area contributed by atoms with Crippen LogP contribution in [0.3, 0.4) is 0 Å². The number of aryl methyl sites for hydroxylation is 1. The topological polar surface area (TPSA) is 65.8 Å². The number of benzene rings is 2. The summed E-state index contributed by atoms with van der Waals surface area (Å²) < 4.78 is 0.953. The highest BCUT2D eigenvalue weighted by atomic mass is 79.9. The van der Waals surface area contributed by atoms with Crippen LogP contribution < -0.4 is 5.32 Å². The Morgan fingerprint density at radius 3 is 2.75 bits per heavy atom. The van der Waals surface area contributed by atoms with E-state index in [1.54, 1.807) is 11.3 Å². The molecule has 2 aromatic carbocycles. The molecule has 1 aliphatic carbocycles. The number of fused-ring (bicyclic) bond motifs is 2. The molecule has 2 aromatic heterocycles. The van der Waals surface area contributed by atoms with Gasteiger partial charge in [0.2, 0.25) is 0 Å². The molecule has 32 heavy (non-hydrogen) atoms. The summed E-state index contributed by atoms with van der Waals surface area (Å²) in [6.45, 7) is 0. The standard InChI is InChI=1S/C26H20BrN3OS/c27-17-8-6-7-16(13-17)23-14-20(18-9-4-5-11-22(18)29-23)25(31)30-26-21(15-28)19-10-2-1-3-12-24(19)32-26/h4-9,11,13-14H,1-3,10,12H2,(H,30,31). The van der Waals surface area contributed by atoms with E-state index in [1.165, 1.54) is 11.3 Å². The fourth-order valence-electron chi connectivity index (χ4n) is 4.28. The zero-order valence-corrected chi connectivity index (χ0v) is 19.7. The number of carbonyl (C=O) groups is 1. The number of hydrogen-bond donors (Lipinski definition) is 1. The molecule has 0 saturated heterocycles. The zero-order chi connectivity index (χ0) is 22.1. The zero-order valence-electron chi connectivity index (χ0n) is 17.3.